The highest BCUT2D eigenvalue weighted by Gasteiger charge is 2.46. The molecule has 1 aliphatic rings. The van der Waals surface area contributed by atoms with Crippen molar-refractivity contribution in [1.82, 2.24) is 5.32 Å². The molecule has 1 fully saturated rings. The number of ether oxygens (including phenoxy) is 2. The fraction of sp³-hybridized carbons (Fsp3) is 0.467. The number of methoxy groups -OCH3 is 2. The average Bonchev–Trinajstić information content (AvgIpc) is 2.80. The van der Waals surface area contributed by atoms with E-state index in [2.05, 4.69) is 5.32 Å². The van der Waals surface area contributed by atoms with Crippen LogP contribution >= 0.6 is 11.8 Å². The highest BCUT2D eigenvalue weighted by molar-refractivity contribution is 8.01. The van der Waals surface area contributed by atoms with Crippen molar-refractivity contribution >= 4 is 23.6 Å². The molecule has 0 saturated carbocycles. The van der Waals surface area contributed by atoms with Gasteiger partial charge in [0.15, 0.2) is 0 Å². The van der Waals surface area contributed by atoms with Crippen LogP contribution in [0.25, 0.3) is 0 Å². The lowest BCUT2D eigenvalue weighted by molar-refractivity contribution is -0.692. The Balaban J connectivity index is 2.19. The number of rotatable bonds is 5. The maximum Gasteiger partial charge on any atom is 0.263 e. The highest BCUT2D eigenvalue weighted by Crippen LogP contribution is 2.33. The van der Waals surface area contributed by atoms with Gasteiger partial charge in [-0.15, -0.1) is 0 Å². The van der Waals surface area contributed by atoms with Gasteiger partial charge in [0, 0.05) is 0 Å². The number of carboxylic acid groups (broad SMARTS) is 1. The zero-order valence-electron chi connectivity index (χ0n) is 13.4. The third-order valence-electron chi connectivity index (χ3n) is 3.73. The van der Waals surface area contributed by atoms with Gasteiger partial charge in [-0.05, 0) is 26.0 Å². The average molecular weight is 340 g/mol. The van der Waals surface area contributed by atoms with Gasteiger partial charge in [0.25, 0.3) is 5.91 Å². The molecule has 23 heavy (non-hydrogen) atoms. The smallest absolute Gasteiger partial charge is 0.263 e. The molecule has 1 aromatic rings. The topological polar surface area (TPSA) is 104 Å². The number of carboxylic acids is 1. The number of thioether (sulfide) groups is 1. The third-order valence-corrected chi connectivity index (χ3v) is 5.12. The summed E-state index contributed by atoms with van der Waals surface area (Å²) < 4.78 is 9.87. The molecule has 7 nitrogen and oxygen atoms in total. The lowest BCUT2D eigenvalue weighted by atomic mass is 10.0. The SMILES string of the molecule is COc1cccc(OC)c1C(=O)N[C@@H]1[NH2+][C@H](C(=O)[O-])C(C)(C)S1. The molecule has 1 aliphatic heterocycles. The second-order valence-electron chi connectivity index (χ2n) is 5.64. The standard InChI is InChI=1S/C15H20N2O5S/c1-15(2)11(13(19)20)16-14(23-15)17-12(18)10-8(21-3)6-5-7-9(10)22-4/h5-7,11,14,16H,1-4H3,(H,17,18)(H,19,20)/t11-,14+/m1/s1. The van der Waals surface area contributed by atoms with Crippen LogP contribution in [0.1, 0.15) is 24.2 Å². The minimum Gasteiger partial charge on any atom is -0.544 e. The third kappa shape index (κ3) is 3.53. The zero-order chi connectivity index (χ0) is 17.2. The number of amides is 1. The highest BCUT2D eigenvalue weighted by atomic mass is 32.2. The van der Waals surface area contributed by atoms with E-state index in [1.807, 2.05) is 13.8 Å². The van der Waals surface area contributed by atoms with Crippen molar-refractivity contribution in [2.45, 2.75) is 30.1 Å². The molecule has 8 heteroatoms. The van der Waals surface area contributed by atoms with E-state index in [-0.39, 0.29) is 11.5 Å². The van der Waals surface area contributed by atoms with Crippen LogP contribution in [-0.2, 0) is 4.79 Å². The maximum atomic E-state index is 12.6. The van der Waals surface area contributed by atoms with Crippen molar-refractivity contribution in [3.63, 3.8) is 0 Å². The summed E-state index contributed by atoms with van der Waals surface area (Å²) in [6.07, 6.45) is 0. The Kier molecular flexibility index (Phi) is 5.06. The molecule has 0 unspecified atom stereocenters. The summed E-state index contributed by atoms with van der Waals surface area (Å²) in [4.78, 5) is 23.8. The van der Waals surface area contributed by atoms with Crippen molar-refractivity contribution in [3.8, 4) is 11.5 Å². The fourth-order valence-electron chi connectivity index (χ4n) is 2.56. The predicted octanol–water partition coefficient (Wildman–Crippen LogP) is -1.08. The van der Waals surface area contributed by atoms with Crippen LogP contribution in [0.5, 0.6) is 11.5 Å². The van der Waals surface area contributed by atoms with E-state index in [9.17, 15) is 14.7 Å². The van der Waals surface area contributed by atoms with Gasteiger partial charge in [-0.25, -0.2) is 0 Å². The minimum absolute atomic E-state index is 0.279. The molecule has 3 N–H and O–H groups in total. The minimum atomic E-state index is -1.14. The first-order valence-electron chi connectivity index (χ1n) is 7.05. The molecule has 0 aromatic heterocycles. The molecule has 0 spiro atoms. The quantitative estimate of drug-likeness (QED) is 0.707. The summed E-state index contributed by atoms with van der Waals surface area (Å²) >= 11 is 1.36. The van der Waals surface area contributed by atoms with Crippen LogP contribution in [-0.4, -0.2) is 42.4 Å². The second kappa shape index (κ2) is 6.67. The first-order valence-corrected chi connectivity index (χ1v) is 7.93. The number of hydrogen-bond donors (Lipinski definition) is 2. The van der Waals surface area contributed by atoms with Gasteiger partial charge < -0.3 is 24.7 Å². The molecule has 0 bridgehead atoms. The number of nitrogens with one attached hydrogen (secondary N) is 1. The Morgan fingerprint density at radius 1 is 1.26 bits per heavy atom. The number of carbonyl (C=O) groups is 2. The van der Waals surface area contributed by atoms with Crippen LogP contribution in [0.15, 0.2) is 18.2 Å². The Bertz CT molecular complexity index is 598. The molecular formula is C15H20N2O5S. The van der Waals surface area contributed by atoms with Gasteiger partial charge >= 0.3 is 0 Å². The first kappa shape index (κ1) is 17.4. The van der Waals surface area contributed by atoms with Gasteiger partial charge in [0.2, 0.25) is 5.50 Å². The monoisotopic (exact) mass is 340 g/mol. The Hall–Kier alpha value is -1.93. The van der Waals surface area contributed by atoms with E-state index in [4.69, 9.17) is 9.47 Å². The van der Waals surface area contributed by atoms with Crippen LogP contribution in [0.2, 0.25) is 0 Å². The number of quaternary nitrogens is 1. The van der Waals surface area contributed by atoms with Crippen molar-refractivity contribution in [3.05, 3.63) is 23.8 Å². The summed E-state index contributed by atoms with van der Waals surface area (Å²) in [5.74, 6) is -0.752. The Labute approximate surface area is 138 Å². The van der Waals surface area contributed by atoms with E-state index in [0.29, 0.717) is 11.5 Å². The number of carbonyl (C=O) groups excluding carboxylic acids is 2. The summed E-state index contributed by atoms with van der Waals surface area (Å²) in [6, 6.07) is 4.31. The number of nitrogens with two attached hydrogens (primary N) is 1. The van der Waals surface area contributed by atoms with E-state index >= 15 is 0 Å². The molecule has 1 saturated heterocycles. The Morgan fingerprint density at radius 2 is 1.83 bits per heavy atom. The van der Waals surface area contributed by atoms with Crippen molar-refractivity contribution < 1.29 is 29.5 Å². The lowest BCUT2D eigenvalue weighted by Crippen LogP contribution is -2.98. The molecule has 126 valence electrons. The molecule has 1 heterocycles. The van der Waals surface area contributed by atoms with Crippen LogP contribution in [0, 0.1) is 0 Å². The van der Waals surface area contributed by atoms with Crippen LogP contribution in [0.3, 0.4) is 0 Å². The fourth-order valence-corrected chi connectivity index (χ4v) is 3.94. The van der Waals surface area contributed by atoms with Gasteiger partial charge in [-0.3, -0.25) is 10.1 Å². The van der Waals surface area contributed by atoms with Crippen molar-refractivity contribution in [2.75, 3.05) is 14.2 Å². The predicted molar refractivity (Wildman–Crippen MR) is 83.2 cm³/mol. The van der Waals surface area contributed by atoms with E-state index in [0.717, 1.165) is 0 Å². The maximum absolute atomic E-state index is 12.6. The summed E-state index contributed by atoms with van der Waals surface area (Å²) in [7, 11) is 2.94. The molecule has 0 aliphatic carbocycles. The van der Waals surface area contributed by atoms with E-state index in [1.54, 1.807) is 23.5 Å². The summed E-state index contributed by atoms with van der Waals surface area (Å²) in [6.45, 7) is 3.62. The van der Waals surface area contributed by atoms with Gasteiger partial charge in [0.05, 0.1) is 19.0 Å². The van der Waals surface area contributed by atoms with Crippen LogP contribution in [0.4, 0.5) is 0 Å². The van der Waals surface area contributed by atoms with Gasteiger partial charge in [-0.1, -0.05) is 17.8 Å². The van der Waals surface area contributed by atoms with Gasteiger partial charge in [0.1, 0.15) is 29.1 Å². The lowest BCUT2D eigenvalue weighted by Gasteiger charge is -2.21. The molecule has 0 radical (unpaired) electrons. The van der Waals surface area contributed by atoms with E-state index in [1.165, 1.54) is 26.0 Å². The van der Waals surface area contributed by atoms with E-state index < -0.39 is 22.3 Å². The normalized spacial score (nSPS) is 22.4. The Morgan fingerprint density at radius 3 is 2.26 bits per heavy atom. The van der Waals surface area contributed by atoms with Crippen molar-refractivity contribution in [2.24, 2.45) is 0 Å². The number of aliphatic carboxylic acids is 1. The van der Waals surface area contributed by atoms with Gasteiger partial charge in [-0.2, -0.15) is 0 Å². The molecule has 2 atom stereocenters. The molecular weight excluding hydrogens is 320 g/mol. The molecule has 1 aromatic carbocycles. The number of hydrogen-bond acceptors (Lipinski definition) is 6. The van der Waals surface area contributed by atoms with Crippen molar-refractivity contribution in [1.29, 1.82) is 0 Å². The first-order chi connectivity index (χ1) is 10.8. The summed E-state index contributed by atoms with van der Waals surface area (Å²) in [5, 5.41) is 15.6. The largest absolute Gasteiger partial charge is 0.544 e. The van der Waals surface area contributed by atoms with Crippen LogP contribution < -0.4 is 25.2 Å². The molecule has 1 amide bonds. The second-order valence-corrected chi connectivity index (χ2v) is 7.44. The molecule has 2 rings (SSSR count). The summed E-state index contributed by atoms with van der Waals surface area (Å²) in [5.41, 5.74) is -0.156. The zero-order valence-corrected chi connectivity index (χ0v) is 14.2. The number of benzene rings is 1.